The molecule has 61 heavy (non-hydrogen) atoms. The number of alkyl halides is 3. The number of nitrogens with zero attached hydrogens (tertiary/aromatic N) is 5. The van der Waals surface area contributed by atoms with Crippen LogP contribution in [0.25, 0.3) is 98.1 Å². The molecule has 0 atom stereocenters. The zero-order chi connectivity index (χ0) is 42.0. The second-order valence-electron chi connectivity index (χ2n) is 14.9. The molecule has 0 aliphatic rings. The van der Waals surface area contributed by atoms with Gasteiger partial charge in [-0.05, 0) is 82.8 Å². The van der Waals surface area contributed by atoms with Crippen LogP contribution in [0.2, 0.25) is 0 Å². The zero-order valence-corrected chi connectivity index (χ0v) is 32.5. The third-order valence-electron chi connectivity index (χ3n) is 11.6. The Balaban J connectivity index is 1.35. The molecule has 0 N–H and O–H groups in total. The monoisotopic (exact) mass is 793 g/mol. The van der Waals surface area contributed by atoms with Crippen molar-refractivity contribution >= 4 is 55.0 Å². The van der Waals surface area contributed by atoms with Crippen molar-refractivity contribution in [3.05, 3.63) is 203 Å². The van der Waals surface area contributed by atoms with Crippen molar-refractivity contribution in [3.8, 4) is 50.8 Å². The highest BCUT2D eigenvalue weighted by Crippen LogP contribution is 2.46. The summed E-state index contributed by atoms with van der Waals surface area (Å²) in [5.41, 5.74) is 7.91. The van der Waals surface area contributed by atoms with Crippen LogP contribution in [0.5, 0.6) is 0 Å². The van der Waals surface area contributed by atoms with Crippen molar-refractivity contribution < 1.29 is 13.2 Å². The molecule has 5 nitrogen and oxygen atoms in total. The third-order valence-corrected chi connectivity index (χ3v) is 11.6. The highest BCUT2D eigenvalue weighted by molar-refractivity contribution is 6.12. The molecule has 10 rings (SSSR count). The number of aryl methyl sites for hydroxylation is 1. The number of benzene rings is 8. The molecular weight excluding hydrogens is 764 g/mol. The number of para-hydroxylation sites is 4. The van der Waals surface area contributed by atoms with Gasteiger partial charge in [-0.1, -0.05) is 121 Å². The first kappa shape index (κ1) is 36.9. The second kappa shape index (κ2) is 14.2. The summed E-state index contributed by atoms with van der Waals surface area (Å²) in [6.45, 7) is 17.4. The van der Waals surface area contributed by atoms with Crippen molar-refractivity contribution in [1.82, 2.24) is 9.13 Å². The number of halogens is 3. The third kappa shape index (κ3) is 5.83. The summed E-state index contributed by atoms with van der Waals surface area (Å²) >= 11 is 0. The first-order chi connectivity index (χ1) is 29.7. The standard InChI is InChI=1S/C53H30F3N5/c1-32-13-12-18-43(53(54,55)56)52(32)42-30-48(60-46-21-10-6-16-38(46)40-25-23-33(27-49(40)60)36-14-4-8-19-44(36)58-2)35(31-57)29-51(42)61-47-22-11-7-17-39(47)41-26-24-34(28-50(41)61)37-15-5-9-20-45(37)59-3/h4-30H,1H3. The quantitative estimate of drug-likeness (QED) is 0.160. The fraction of sp³-hybridized carbons (Fsp3) is 0.0377. The largest absolute Gasteiger partial charge is 0.417 e. The molecular formula is C53H30F3N5. The summed E-state index contributed by atoms with van der Waals surface area (Å²) in [5.74, 6) is 0. The first-order valence-corrected chi connectivity index (χ1v) is 19.5. The van der Waals surface area contributed by atoms with Gasteiger partial charge in [0.15, 0.2) is 11.4 Å². The first-order valence-electron chi connectivity index (χ1n) is 19.5. The Kier molecular flexibility index (Phi) is 8.58. The second-order valence-corrected chi connectivity index (χ2v) is 14.9. The maximum Gasteiger partial charge on any atom is 0.417 e. The van der Waals surface area contributed by atoms with Gasteiger partial charge in [-0.3, -0.25) is 0 Å². The van der Waals surface area contributed by atoms with Crippen LogP contribution in [0.3, 0.4) is 0 Å². The lowest BCUT2D eigenvalue weighted by Crippen LogP contribution is -2.10. The van der Waals surface area contributed by atoms with E-state index in [0.717, 1.165) is 66.4 Å². The molecule has 0 amide bonds. The van der Waals surface area contributed by atoms with E-state index in [0.29, 0.717) is 33.8 Å². The van der Waals surface area contributed by atoms with Crippen molar-refractivity contribution in [1.29, 1.82) is 5.26 Å². The van der Waals surface area contributed by atoms with Gasteiger partial charge < -0.3 is 9.13 Å². The highest BCUT2D eigenvalue weighted by Gasteiger charge is 2.35. The molecule has 0 spiro atoms. The van der Waals surface area contributed by atoms with Crippen LogP contribution in [0, 0.1) is 31.4 Å². The number of hydrogen-bond donors (Lipinski definition) is 0. The number of nitriles is 1. The molecule has 2 aromatic heterocycles. The Morgan fingerprint density at radius 3 is 1.52 bits per heavy atom. The van der Waals surface area contributed by atoms with Gasteiger partial charge in [-0.25, -0.2) is 9.69 Å². The van der Waals surface area contributed by atoms with Crippen LogP contribution in [-0.4, -0.2) is 9.13 Å². The van der Waals surface area contributed by atoms with Crippen molar-refractivity contribution in [3.63, 3.8) is 0 Å². The van der Waals surface area contributed by atoms with E-state index in [4.69, 9.17) is 13.1 Å². The van der Waals surface area contributed by atoms with Crippen LogP contribution in [-0.2, 0) is 6.18 Å². The average molecular weight is 794 g/mol. The van der Waals surface area contributed by atoms with E-state index in [1.165, 1.54) is 6.07 Å². The van der Waals surface area contributed by atoms with Gasteiger partial charge in [0, 0.05) is 27.1 Å². The van der Waals surface area contributed by atoms with Gasteiger partial charge >= 0.3 is 6.18 Å². The molecule has 10 aromatic rings. The number of aromatic nitrogens is 2. The summed E-state index contributed by atoms with van der Waals surface area (Å²) in [5, 5.41) is 14.7. The minimum absolute atomic E-state index is 0.00335. The zero-order valence-electron chi connectivity index (χ0n) is 32.5. The normalized spacial score (nSPS) is 11.6. The Hall–Kier alpha value is -8.38. The Morgan fingerprint density at radius 2 is 1.00 bits per heavy atom. The van der Waals surface area contributed by atoms with Gasteiger partial charge in [0.05, 0.1) is 57.7 Å². The summed E-state index contributed by atoms with van der Waals surface area (Å²) in [4.78, 5) is 7.52. The number of fused-ring (bicyclic) bond motifs is 6. The SMILES string of the molecule is [C-]#[N+]c1ccccc1-c1ccc2c3ccccc3n(-c3cc(-c4c(C)cccc4C(F)(F)F)c(-n4c5ccccc5c5ccc(-c6ccccc6[N+]#[C-])cc54)cc3C#N)c2c1. The van der Waals surface area contributed by atoms with E-state index >= 15 is 13.2 Å². The Morgan fingerprint density at radius 1 is 0.508 bits per heavy atom. The molecule has 2 heterocycles. The van der Waals surface area contributed by atoms with E-state index < -0.39 is 11.7 Å². The maximum atomic E-state index is 15.3. The molecule has 0 saturated carbocycles. The molecule has 8 aromatic carbocycles. The maximum absolute atomic E-state index is 15.3. The lowest BCUT2D eigenvalue weighted by atomic mass is 9.91. The molecule has 0 aliphatic heterocycles. The smallest absolute Gasteiger partial charge is 0.309 e. The molecule has 0 fully saturated rings. The van der Waals surface area contributed by atoms with Gasteiger partial charge in [0.25, 0.3) is 0 Å². The van der Waals surface area contributed by atoms with Crippen LogP contribution in [0.1, 0.15) is 16.7 Å². The van der Waals surface area contributed by atoms with Gasteiger partial charge in [0.1, 0.15) is 6.07 Å². The Labute approximate surface area is 348 Å². The van der Waals surface area contributed by atoms with Gasteiger partial charge in [-0.15, -0.1) is 0 Å². The van der Waals surface area contributed by atoms with E-state index in [9.17, 15) is 5.26 Å². The predicted octanol–water partition coefficient (Wildman–Crippen LogP) is 15.2. The van der Waals surface area contributed by atoms with Gasteiger partial charge in [0.2, 0.25) is 0 Å². The predicted molar refractivity (Wildman–Crippen MR) is 238 cm³/mol. The summed E-state index contributed by atoms with van der Waals surface area (Å²) in [7, 11) is 0. The Bertz CT molecular complexity index is 3590. The molecule has 288 valence electrons. The fourth-order valence-corrected chi connectivity index (χ4v) is 8.92. The molecule has 8 heteroatoms. The van der Waals surface area contributed by atoms with E-state index in [2.05, 4.69) is 15.8 Å². The minimum Gasteiger partial charge on any atom is -0.309 e. The lowest BCUT2D eigenvalue weighted by Gasteiger charge is -2.22. The van der Waals surface area contributed by atoms with Crippen LogP contribution in [0.4, 0.5) is 24.5 Å². The topological polar surface area (TPSA) is 42.4 Å². The molecule has 0 saturated heterocycles. The number of hydrogen-bond acceptors (Lipinski definition) is 1. The molecule has 0 unspecified atom stereocenters. The fourth-order valence-electron chi connectivity index (χ4n) is 8.92. The van der Waals surface area contributed by atoms with Crippen LogP contribution >= 0.6 is 0 Å². The van der Waals surface area contributed by atoms with E-state index in [-0.39, 0.29) is 16.7 Å². The lowest BCUT2D eigenvalue weighted by molar-refractivity contribution is -0.137. The van der Waals surface area contributed by atoms with Crippen molar-refractivity contribution in [2.24, 2.45) is 0 Å². The molecule has 0 bridgehead atoms. The highest BCUT2D eigenvalue weighted by atomic mass is 19.4. The van der Waals surface area contributed by atoms with E-state index in [1.54, 1.807) is 37.3 Å². The summed E-state index contributed by atoms with van der Waals surface area (Å²) in [6.07, 6.45) is -4.71. The molecule has 0 radical (unpaired) electrons. The minimum atomic E-state index is -4.71. The van der Waals surface area contributed by atoms with E-state index in [1.807, 2.05) is 130 Å². The van der Waals surface area contributed by atoms with Gasteiger partial charge in [-0.2, -0.15) is 18.4 Å². The van der Waals surface area contributed by atoms with Crippen LogP contribution < -0.4 is 0 Å². The molecule has 0 aliphatic carbocycles. The van der Waals surface area contributed by atoms with Crippen molar-refractivity contribution in [2.75, 3.05) is 0 Å². The average Bonchev–Trinajstić information content (AvgIpc) is 3.80. The summed E-state index contributed by atoms with van der Waals surface area (Å²) in [6, 6.07) is 52.2. The van der Waals surface area contributed by atoms with Crippen LogP contribution in [0.15, 0.2) is 164 Å². The number of rotatable bonds is 5. The van der Waals surface area contributed by atoms with Crippen molar-refractivity contribution in [2.45, 2.75) is 13.1 Å². The summed E-state index contributed by atoms with van der Waals surface area (Å²) < 4.78 is 49.8.